The molecule has 0 fully saturated rings. The first-order chi connectivity index (χ1) is 14.1. The molecule has 10 nitrogen and oxygen atoms in total. The van der Waals surface area contributed by atoms with Crippen LogP contribution in [0.2, 0.25) is 0 Å². The van der Waals surface area contributed by atoms with E-state index in [0.717, 1.165) is 11.1 Å². The maximum atomic E-state index is 12.7. The van der Waals surface area contributed by atoms with Gasteiger partial charge in [-0.3, -0.25) is 19.6 Å². The van der Waals surface area contributed by atoms with Crippen LogP contribution >= 0.6 is 0 Å². The Balaban J connectivity index is 1.79. The van der Waals surface area contributed by atoms with Gasteiger partial charge in [-0.25, -0.2) is 4.68 Å². The van der Waals surface area contributed by atoms with Gasteiger partial charge in [0.1, 0.15) is 23.8 Å². The summed E-state index contributed by atoms with van der Waals surface area (Å²) in [5, 5.41) is 32.5. The van der Waals surface area contributed by atoms with Gasteiger partial charge in [0.2, 0.25) is 0 Å². The summed E-state index contributed by atoms with van der Waals surface area (Å²) >= 11 is 0. The van der Waals surface area contributed by atoms with Crippen molar-refractivity contribution in [3.63, 3.8) is 0 Å². The maximum Gasteiger partial charge on any atom is 0.312 e. The Labute approximate surface area is 173 Å². The molecule has 0 aliphatic rings. The summed E-state index contributed by atoms with van der Waals surface area (Å²) in [5.74, 6) is -0.0920. The van der Waals surface area contributed by atoms with Crippen molar-refractivity contribution in [2.75, 3.05) is 5.32 Å². The Bertz CT molecular complexity index is 1130. The minimum Gasteiger partial charge on any atom is -0.508 e. The maximum absolute atomic E-state index is 12.7. The topological polar surface area (TPSA) is 128 Å². The van der Waals surface area contributed by atoms with E-state index in [9.17, 15) is 20.0 Å². The third-order valence-electron chi connectivity index (χ3n) is 4.92. The average molecular weight is 412 g/mol. The summed E-state index contributed by atoms with van der Waals surface area (Å²) < 4.78 is 2.96. The van der Waals surface area contributed by atoms with Crippen molar-refractivity contribution < 1.29 is 14.8 Å². The third-order valence-corrected chi connectivity index (χ3v) is 4.92. The molecule has 2 aromatic heterocycles. The number of nitrogens with one attached hydrogen (secondary N) is 1. The molecule has 0 bridgehead atoms. The number of hydrogen-bond donors (Lipinski definition) is 2. The number of carbonyl (C=O) groups is 1. The molecule has 2 heterocycles. The van der Waals surface area contributed by atoms with Crippen molar-refractivity contribution in [2.24, 2.45) is 0 Å². The zero-order chi connectivity index (χ0) is 22.2. The first kappa shape index (κ1) is 21.0. The fourth-order valence-corrected chi connectivity index (χ4v) is 3.28. The van der Waals surface area contributed by atoms with Crippen LogP contribution in [0.4, 0.5) is 11.4 Å². The number of nitrogens with zero attached hydrogens (tertiary/aromatic N) is 5. The van der Waals surface area contributed by atoms with Crippen LogP contribution in [0.5, 0.6) is 5.75 Å². The van der Waals surface area contributed by atoms with E-state index in [2.05, 4.69) is 15.5 Å². The second-order valence-corrected chi connectivity index (χ2v) is 7.49. The standard InChI is InChI=1S/C20H24N6O4/c1-11(2)15-9-17(12(3)8-18(15)27)21-20(28)16-6-7-24(23-16)10-25-14(5)19(26(29)30)13(4)22-25/h6-9,11,27H,10H2,1-5H3,(H,21,28). The predicted molar refractivity (Wildman–Crippen MR) is 111 cm³/mol. The van der Waals surface area contributed by atoms with Gasteiger partial charge in [0.05, 0.1) is 4.92 Å². The van der Waals surface area contributed by atoms with Crippen molar-refractivity contribution in [3.8, 4) is 5.75 Å². The number of benzene rings is 1. The Hall–Kier alpha value is -3.69. The molecule has 3 rings (SSSR count). The molecule has 0 aliphatic heterocycles. The Kier molecular flexibility index (Phi) is 5.59. The zero-order valence-electron chi connectivity index (χ0n) is 17.5. The van der Waals surface area contributed by atoms with Crippen molar-refractivity contribution in [1.29, 1.82) is 0 Å². The van der Waals surface area contributed by atoms with Gasteiger partial charge in [0.15, 0.2) is 5.69 Å². The summed E-state index contributed by atoms with van der Waals surface area (Å²) in [6, 6.07) is 4.95. The summed E-state index contributed by atoms with van der Waals surface area (Å²) in [6.45, 7) is 9.06. The lowest BCUT2D eigenvalue weighted by atomic mass is 9.99. The SMILES string of the molecule is Cc1cc(O)c(C(C)C)cc1NC(=O)c1ccn(Cn2nc(C)c([N+](=O)[O-])c2C)n1. The molecule has 0 atom stereocenters. The monoisotopic (exact) mass is 412 g/mol. The van der Waals surface area contributed by atoms with E-state index in [1.807, 2.05) is 13.8 Å². The summed E-state index contributed by atoms with van der Waals surface area (Å²) in [6.07, 6.45) is 1.61. The number of phenols is 1. The van der Waals surface area contributed by atoms with E-state index in [-0.39, 0.29) is 29.7 Å². The molecule has 0 spiro atoms. The molecule has 10 heteroatoms. The molecule has 0 aliphatic carbocycles. The number of aromatic hydroxyl groups is 1. The van der Waals surface area contributed by atoms with Gasteiger partial charge >= 0.3 is 5.69 Å². The Morgan fingerprint density at radius 2 is 1.97 bits per heavy atom. The van der Waals surface area contributed by atoms with E-state index in [0.29, 0.717) is 17.1 Å². The lowest BCUT2D eigenvalue weighted by Crippen LogP contribution is -2.16. The number of carbonyl (C=O) groups excluding carboxylic acids is 1. The number of rotatable bonds is 6. The summed E-state index contributed by atoms with van der Waals surface area (Å²) in [5.41, 5.74) is 3.00. The first-order valence-electron chi connectivity index (χ1n) is 9.45. The van der Waals surface area contributed by atoms with Gasteiger partial charge in [-0.15, -0.1) is 0 Å². The molecular formula is C20H24N6O4. The van der Waals surface area contributed by atoms with Crippen LogP contribution in [0.25, 0.3) is 0 Å². The average Bonchev–Trinajstić information content (AvgIpc) is 3.21. The highest BCUT2D eigenvalue weighted by Crippen LogP contribution is 2.31. The predicted octanol–water partition coefficient (Wildman–Crippen LogP) is 3.50. The number of anilines is 1. The number of phenolic OH excluding ortho intramolecular Hbond substituents is 1. The Morgan fingerprint density at radius 1 is 1.27 bits per heavy atom. The molecule has 1 amide bonds. The van der Waals surface area contributed by atoms with E-state index >= 15 is 0 Å². The van der Waals surface area contributed by atoms with E-state index in [1.165, 1.54) is 9.36 Å². The molecule has 0 saturated heterocycles. The van der Waals surface area contributed by atoms with Crippen molar-refractivity contribution in [3.05, 3.63) is 62.7 Å². The van der Waals surface area contributed by atoms with Gasteiger partial charge in [0.25, 0.3) is 5.91 Å². The van der Waals surface area contributed by atoms with Crippen LogP contribution in [0.1, 0.15) is 52.8 Å². The number of aryl methyl sites for hydroxylation is 2. The van der Waals surface area contributed by atoms with Gasteiger partial charge in [0, 0.05) is 11.9 Å². The number of aromatic nitrogens is 4. The molecule has 2 N–H and O–H groups in total. The lowest BCUT2D eigenvalue weighted by molar-refractivity contribution is -0.386. The molecular weight excluding hydrogens is 388 g/mol. The largest absolute Gasteiger partial charge is 0.508 e. The molecule has 0 unspecified atom stereocenters. The van der Waals surface area contributed by atoms with Gasteiger partial charge in [-0.2, -0.15) is 10.2 Å². The first-order valence-corrected chi connectivity index (χ1v) is 9.45. The quantitative estimate of drug-likeness (QED) is 0.362. The van der Waals surface area contributed by atoms with Gasteiger partial charge < -0.3 is 10.4 Å². The fourth-order valence-electron chi connectivity index (χ4n) is 3.28. The van der Waals surface area contributed by atoms with Crippen LogP contribution < -0.4 is 5.32 Å². The molecule has 3 aromatic rings. The molecule has 0 saturated carbocycles. The van der Waals surface area contributed by atoms with Crippen molar-refractivity contribution in [1.82, 2.24) is 19.6 Å². The van der Waals surface area contributed by atoms with Crippen LogP contribution in [0, 0.1) is 30.9 Å². The molecule has 158 valence electrons. The summed E-state index contributed by atoms with van der Waals surface area (Å²) in [7, 11) is 0. The Morgan fingerprint density at radius 3 is 2.57 bits per heavy atom. The minimum atomic E-state index is -0.457. The molecule has 0 radical (unpaired) electrons. The van der Waals surface area contributed by atoms with Gasteiger partial charge in [-0.05, 0) is 56.0 Å². The summed E-state index contributed by atoms with van der Waals surface area (Å²) in [4.78, 5) is 23.3. The molecule has 30 heavy (non-hydrogen) atoms. The number of hydrogen-bond acceptors (Lipinski definition) is 6. The van der Waals surface area contributed by atoms with Crippen molar-refractivity contribution in [2.45, 2.75) is 47.2 Å². The lowest BCUT2D eigenvalue weighted by Gasteiger charge is -2.14. The van der Waals surface area contributed by atoms with Crippen molar-refractivity contribution >= 4 is 17.3 Å². The number of nitro groups is 1. The number of amides is 1. The highest BCUT2D eigenvalue weighted by Gasteiger charge is 2.22. The normalized spacial score (nSPS) is 11.1. The minimum absolute atomic E-state index is 0.0242. The second-order valence-electron chi connectivity index (χ2n) is 7.49. The molecule has 1 aromatic carbocycles. The second kappa shape index (κ2) is 7.97. The smallest absolute Gasteiger partial charge is 0.312 e. The van der Waals surface area contributed by atoms with Gasteiger partial charge in [-0.1, -0.05) is 13.8 Å². The van der Waals surface area contributed by atoms with Crippen LogP contribution in [-0.2, 0) is 6.67 Å². The fraction of sp³-hybridized carbons (Fsp3) is 0.350. The van der Waals surface area contributed by atoms with Crippen LogP contribution in [-0.4, -0.2) is 35.5 Å². The van der Waals surface area contributed by atoms with Crippen LogP contribution in [0.3, 0.4) is 0 Å². The highest BCUT2D eigenvalue weighted by molar-refractivity contribution is 6.03. The van der Waals surface area contributed by atoms with Crippen LogP contribution in [0.15, 0.2) is 24.4 Å². The van der Waals surface area contributed by atoms with E-state index in [1.54, 1.807) is 45.2 Å². The highest BCUT2D eigenvalue weighted by atomic mass is 16.6. The van der Waals surface area contributed by atoms with E-state index < -0.39 is 10.8 Å². The zero-order valence-corrected chi connectivity index (χ0v) is 17.5. The van der Waals surface area contributed by atoms with E-state index in [4.69, 9.17) is 0 Å². The third kappa shape index (κ3) is 4.02.